The summed E-state index contributed by atoms with van der Waals surface area (Å²) in [5, 5.41) is 4.18. The largest absolute Gasteiger partial charge is 0.573 e. The molecule has 8 heteroatoms. The van der Waals surface area contributed by atoms with Gasteiger partial charge in [0.05, 0.1) is 5.69 Å². The molecule has 0 atom stereocenters. The first-order valence-electron chi connectivity index (χ1n) is 6.16. The lowest BCUT2D eigenvalue weighted by molar-refractivity contribution is -0.274. The van der Waals surface area contributed by atoms with Gasteiger partial charge < -0.3 is 15.2 Å². The van der Waals surface area contributed by atoms with Gasteiger partial charge in [-0.2, -0.15) is 5.10 Å². The van der Waals surface area contributed by atoms with E-state index in [0.717, 1.165) is 0 Å². The summed E-state index contributed by atoms with van der Waals surface area (Å²) in [5.74, 6) is 0.383. The fraction of sp³-hybridized carbons (Fsp3) is 0.308. The molecule has 0 aliphatic rings. The average molecular weight is 301 g/mol. The molecule has 114 valence electrons. The summed E-state index contributed by atoms with van der Waals surface area (Å²) < 4.78 is 47.1. The summed E-state index contributed by atoms with van der Waals surface area (Å²) in [6.07, 6.45) is -4.72. The van der Waals surface area contributed by atoms with Gasteiger partial charge in [0.2, 0.25) is 5.88 Å². The van der Waals surface area contributed by atoms with Crippen molar-refractivity contribution in [2.24, 2.45) is 0 Å². The molecule has 0 fully saturated rings. The Balaban J connectivity index is 2.17. The Morgan fingerprint density at radius 3 is 2.29 bits per heavy atom. The SMILES string of the molecule is CCn1nc(C)c(N)c1Oc1ccc(OC(F)(F)F)cc1. The van der Waals surface area contributed by atoms with Crippen molar-refractivity contribution in [3.05, 3.63) is 30.0 Å². The van der Waals surface area contributed by atoms with E-state index in [2.05, 4.69) is 9.84 Å². The molecule has 1 aromatic heterocycles. The van der Waals surface area contributed by atoms with Gasteiger partial charge in [-0.1, -0.05) is 0 Å². The maximum absolute atomic E-state index is 12.1. The van der Waals surface area contributed by atoms with Gasteiger partial charge in [0, 0.05) is 6.54 Å². The molecule has 0 unspecified atom stereocenters. The summed E-state index contributed by atoms with van der Waals surface area (Å²) >= 11 is 0. The predicted molar refractivity (Wildman–Crippen MR) is 70.2 cm³/mol. The number of anilines is 1. The number of rotatable bonds is 4. The Bertz CT molecular complexity index is 621. The number of hydrogen-bond acceptors (Lipinski definition) is 4. The van der Waals surface area contributed by atoms with Crippen LogP contribution in [0, 0.1) is 6.92 Å². The van der Waals surface area contributed by atoms with Gasteiger partial charge in [0.25, 0.3) is 0 Å². The summed E-state index contributed by atoms with van der Waals surface area (Å²) in [6, 6.07) is 5.06. The lowest BCUT2D eigenvalue weighted by Gasteiger charge is -2.11. The van der Waals surface area contributed by atoms with E-state index in [-0.39, 0.29) is 5.75 Å². The molecule has 0 amide bonds. The van der Waals surface area contributed by atoms with Crippen molar-refractivity contribution in [2.45, 2.75) is 26.8 Å². The van der Waals surface area contributed by atoms with E-state index >= 15 is 0 Å². The summed E-state index contributed by atoms with van der Waals surface area (Å²) in [7, 11) is 0. The Labute approximate surface area is 119 Å². The van der Waals surface area contributed by atoms with Crippen molar-refractivity contribution in [1.29, 1.82) is 0 Å². The molecule has 0 radical (unpaired) electrons. The zero-order chi connectivity index (χ0) is 15.6. The molecule has 0 aliphatic carbocycles. The smallest absolute Gasteiger partial charge is 0.437 e. The van der Waals surface area contributed by atoms with Crippen LogP contribution in [0.5, 0.6) is 17.4 Å². The minimum Gasteiger partial charge on any atom is -0.437 e. The third-order valence-corrected chi connectivity index (χ3v) is 2.70. The minimum absolute atomic E-state index is 0.317. The second kappa shape index (κ2) is 5.55. The second-order valence-corrected chi connectivity index (χ2v) is 4.24. The van der Waals surface area contributed by atoms with Crippen LogP contribution in [0.4, 0.5) is 18.9 Å². The van der Waals surface area contributed by atoms with Gasteiger partial charge in [-0.25, -0.2) is 4.68 Å². The first-order valence-corrected chi connectivity index (χ1v) is 6.16. The number of aryl methyl sites for hydroxylation is 2. The Morgan fingerprint density at radius 2 is 1.76 bits per heavy atom. The standard InChI is InChI=1S/C13H14F3N3O2/c1-3-19-12(11(17)8(2)18-19)20-9-4-6-10(7-5-9)21-13(14,15)16/h4-7H,3,17H2,1-2H3. The van der Waals surface area contributed by atoms with Crippen LogP contribution in [0.15, 0.2) is 24.3 Å². The third kappa shape index (κ3) is 3.59. The van der Waals surface area contributed by atoms with Crippen LogP contribution >= 0.6 is 0 Å². The number of halogens is 3. The van der Waals surface area contributed by atoms with Gasteiger partial charge in [0.15, 0.2) is 0 Å². The van der Waals surface area contributed by atoms with Crippen LogP contribution in [-0.2, 0) is 6.54 Å². The highest BCUT2D eigenvalue weighted by Gasteiger charge is 2.31. The van der Waals surface area contributed by atoms with Gasteiger partial charge in [-0.05, 0) is 38.1 Å². The molecular formula is C13H14F3N3O2. The number of hydrogen-bond donors (Lipinski definition) is 1. The zero-order valence-corrected chi connectivity index (χ0v) is 11.4. The van der Waals surface area contributed by atoms with E-state index in [0.29, 0.717) is 29.6 Å². The van der Waals surface area contributed by atoms with Crippen LogP contribution in [0.3, 0.4) is 0 Å². The maximum Gasteiger partial charge on any atom is 0.573 e. The van der Waals surface area contributed by atoms with Crippen molar-refractivity contribution < 1.29 is 22.6 Å². The molecule has 5 nitrogen and oxygen atoms in total. The summed E-state index contributed by atoms with van der Waals surface area (Å²) in [5.41, 5.74) is 6.88. The Hall–Kier alpha value is -2.38. The van der Waals surface area contributed by atoms with Gasteiger partial charge in [0.1, 0.15) is 17.2 Å². The number of aromatic nitrogens is 2. The van der Waals surface area contributed by atoms with Crippen molar-refractivity contribution in [3.63, 3.8) is 0 Å². The summed E-state index contributed by atoms with van der Waals surface area (Å²) in [4.78, 5) is 0. The first kappa shape index (κ1) is 15.0. The van der Waals surface area contributed by atoms with Gasteiger partial charge >= 0.3 is 6.36 Å². The molecule has 2 rings (SSSR count). The fourth-order valence-electron chi connectivity index (χ4n) is 1.72. The highest BCUT2D eigenvalue weighted by atomic mass is 19.4. The molecule has 0 saturated heterocycles. The molecule has 1 heterocycles. The lowest BCUT2D eigenvalue weighted by atomic mass is 10.3. The quantitative estimate of drug-likeness (QED) is 0.939. The fourth-order valence-corrected chi connectivity index (χ4v) is 1.72. The second-order valence-electron chi connectivity index (χ2n) is 4.24. The highest BCUT2D eigenvalue weighted by Crippen LogP contribution is 2.31. The molecule has 0 bridgehead atoms. The van der Waals surface area contributed by atoms with Crippen LogP contribution in [0.25, 0.3) is 0 Å². The van der Waals surface area contributed by atoms with Crippen molar-refractivity contribution in [2.75, 3.05) is 5.73 Å². The molecular weight excluding hydrogens is 287 g/mol. The lowest BCUT2D eigenvalue weighted by Crippen LogP contribution is -2.16. The molecule has 0 saturated carbocycles. The van der Waals surface area contributed by atoms with E-state index < -0.39 is 6.36 Å². The van der Waals surface area contributed by atoms with Crippen molar-refractivity contribution in [3.8, 4) is 17.4 Å². The highest BCUT2D eigenvalue weighted by molar-refractivity contribution is 5.54. The Kier molecular flexibility index (Phi) is 3.97. The van der Waals surface area contributed by atoms with E-state index in [9.17, 15) is 13.2 Å². The maximum atomic E-state index is 12.1. The average Bonchev–Trinajstić information content (AvgIpc) is 2.67. The van der Waals surface area contributed by atoms with E-state index in [1.165, 1.54) is 24.3 Å². The van der Waals surface area contributed by atoms with Crippen LogP contribution < -0.4 is 15.2 Å². The number of alkyl halides is 3. The number of nitrogens with two attached hydrogens (primary N) is 1. The van der Waals surface area contributed by atoms with Crippen LogP contribution in [-0.4, -0.2) is 16.1 Å². The minimum atomic E-state index is -4.72. The molecule has 1 aromatic carbocycles. The van der Waals surface area contributed by atoms with Gasteiger partial charge in [-0.3, -0.25) is 0 Å². The number of nitrogens with zero attached hydrogens (tertiary/aromatic N) is 2. The predicted octanol–water partition coefficient (Wildman–Crippen LogP) is 3.48. The molecule has 2 aromatic rings. The van der Waals surface area contributed by atoms with Crippen LogP contribution in [0.1, 0.15) is 12.6 Å². The van der Waals surface area contributed by atoms with Crippen molar-refractivity contribution in [1.82, 2.24) is 9.78 Å². The monoisotopic (exact) mass is 301 g/mol. The van der Waals surface area contributed by atoms with Crippen molar-refractivity contribution >= 4 is 5.69 Å². The molecule has 21 heavy (non-hydrogen) atoms. The van der Waals surface area contributed by atoms with E-state index in [1.54, 1.807) is 11.6 Å². The molecule has 0 spiro atoms. The van der Waals surface area contributed by atoms with E-state index in [1.807, 2.05) is 6.92 Å². The number of ether oxygens (including phenoxy) is 2. The molecule has 0 aliphatic heterocycles. The topological polar surface area (TPSA) is 62.3 Å². The Morgan fingerprint density at radius 1 is 1.19 bits per heavy atom. The van der Waals surface area contributed by atoms with Gasteiger partial charge in [-0.15, -0.1) is 13.2 Å². The first-order chi connectivity index (χ1) is 9.80. The van der Waals surface area contributed by atoms with E-state index in [4.69, 9.17) is 10.5 Å². The van der Waals surface area contributed by atoms with Crippen LogP contribution in [0.2, 0.25) is 0 Å². The normalized spacial score (nSPS) is 11.5. The third-order valence-electron chi connectivity index (χ3n) is 2.70. The number of benzene rings is 1. The number of nitrogen functional groups attached to an aromatic ring is 1. The zero-order valence-electron chi connectivity index (χ0n) is 11.4. The summed E-state index contributed by atoms with van der Waals surface area (Å²) in [6.45, 7) is 4.18. The molecule has 2 N–H and O–H groups in total.